The first kappa shape index (κ1) is 12.4. The summed E-state index contributed by atoms with van der Waals surface area (Å²) < 4.78 is 18.1. The molecule has 3 heteroatoms. The Morgan fingerprint density at radius 1 is 1.12 bits per heavy atom. The third-order valence-corrected chi connectivity index (χ3v) is 3.64. The quantitative estimate of drug-likeness (QED) is 0.753. The number of benzene rings is 1. The maximum Gasteiger partial charge on any atom is 0.123 e. The molecule has 1 aromatic heterocycles. The van der Waals surface area contributed by atoms with Crippen molar-refractivity contribution >= 4 is 15.9 Å². The van der Waals surface area contributed by atoms with Crippen LogP contribution in [0.25, 0.3) is 0 Å². The molecule has 90 valence electrons. The molecule has 2 aromatic rings. The summed E-state index contributed by atoms with van der Waals surface area (Å²) in [7, 11) is 0. The van der Waals surface area contributed by atoms with E-state index in [0.717, 1.165) is 29.5 Å². The van der Waals surface area contributed by atoms with Crippen LogP contribution in [0.5, 0.6) is 0 Å². The molecule has 2 rings (SSSR count). The van der Waals surface area contributed by atoms with Gasteiger partial charge in [0, 0.05) is 11.8 Å². The Morgan fingerprint density at radius 3 is 2.47 bits per heavy atom. The second-order valence-corrected chi connectivity index (χ2v) is 4.78. The predicted octanol–water partition coefficient (Wildman–Crippen LogP) is 4.22. The Hall–Kier alpha value is -1.09. The Bertz CT molecular complexity index is 436. The van der Waals surface area contributed by atoms with E-state index >= 15 is 0 Å². The van der Waals surface area contributed by atoms with E-state index in [-0.39, 0.29) is 5.82 Å². The highest BCUT2D eigenvalue weighted by atomic mass is 79.9. The van der Waals surface area contributed by atoms with E-state index < -0.39 is 0 Å². The van der Waals surface area contributed by atoms with Gasteiger partial charge in [-0.25, -0.2) is 4.39 Å². The van der Waals surface area contributed by atoms with E-state index in [1.165, 1.54) is 12.1 Å². The van der Waals surface area contributed by atoms with Crippen LogP contribution >= 0.6 is 15.9 Å². The number of rotatable bonds is 5. The van der Waals surface area contributed by atoms with Gasteiger partial charge in [-0.2, -0.15) is 0 Å². The van der Waals surface area contributed by atoms with Crippen LogP contribution < -0.4 is 0 Å². The van der Waals surface area contributed by atoms with Crippen molar-refractivity contribution in [3.8, 4) is 0 Å². The molecule has 1 aromatic carbocycles. The van der Waals surface area contributed by atoms with Crippen LogP contribution in [0.3, 0.4) is 0 Å². The van der Waals surface area contributed by atoms with Crippen LogP contribution in [-0.2, 0) is 12.8 Å². The van der Waals surface area contributed by atoms with Crippen molar-refractivity contribution in [1.29, 1.82) is 0 Å². The predicted molar refractivity (Wildman–Crippen MR) is 69.8 cm³/mol. The fourth-order valence-electron chi connectivity index (χ4n) is 1.85. The molecule has 0 spiro atoms. The molecule has 0 amide bonds. The molecule has 0 fully saturated rings. The van der Waals surface area contributed by atoms with Gasteiger partial charge in [0.05, 0.1) is 6.26 Å². The minimum Gasteiger partial charge on any atom is -0.469 e. The fourth-order valence-corrected chi connectivity index (χ4v) is 2.31. The lowest BCUT2D eigenvalue weighted by molar-refractivity contribution is 0.460. The largest absolute Gasteiger partial charge is 0.469 e. The molecule has 1 unspecified atom stereocenters. The van der Waals surface area contributed by atoms with E-state index in [2.05, 4.69) is 15.9 Å². The maximum absolute atomic E-state index is 12.8. The molecule has 0 saturated carbocycles. The zero-order valence-corrected chi connectivity index (χ0v) is 11.0. The molecule has 0 radical (unpaired) electrons. The molecule has 0 bridgehead atoms. The van der Waals surface area contributed by atoms with Crippen molar-refractivity contribution in [3.63, 3.8) is 0 Å². The van der Waals surface area contributed by atoms with Crippen LogP contribution in [-0.4, -0.2) is 5.33 Å². The number of hydrogen-bond acceptors (Lipinski definition) is 1. The summed E-state index contributed by atoms with van der Waals surface area (Å²) in [6.07, 6.45) is 3.51. The summed E-state index contributed by atoms with van der Waals surface area (Å²) >= 11 is 3.52. The van der Waals surface area contributed by atoms with Gasteiger partial charge in [0.15, 0.2) is 0 Å². The summed E-state index contributed by atoms with van der Waals surface area (Å²) in [5, 5.41) is 0.908. The molecule has 0 aliphatic rings. The van der Waals surface area contributed by atoms with E-state index in [1.54, 1.807) is 6.26 Å². The Balaban J connectivity index is 1.97. The summed E-state index contributed by atoms with van der Waals surface area (Å²) in [5.74, 6) is 1.28. The van der Waals surface area contributed by atoms with Gasteiger partial charge in [-0.3, -0.25) is 0 Å². The van der Waals surface area contributed by atoms with E-state index in [1.807, 2.05) is 24.3 Å². The van der Waals surface area contributed by atoms with Gasteiger partial charge >= 0.3 is 0 Å². The van der Waals surface area contributed by atoms with Crippen molar-refractivity contribution < 1.29 is 8.81 Å². The SMILES string of the molecule is Fc1ccc(CC(CBr)Cc2ccco2)cc1. The van der Waals surface area contributed by atoms with Crippen molar-refractivity contribution in [2.75, 3.05) is 5.33 Å². The number of furan rings is 1. The highest BCUT2D eigenvalue weighted by molar-refractivity contribution is 9.09. The summed E-state index contributed by atoms with van der Waals surface area (Å²) in [5.41, 5.74) is 1.16. The number of alkyl halides is 1. The highest BCUT2D eigenvalue weighted by Crippen LogP contribution is 2.17. The lowest BCUT2D eigenvalue weighted by Gasteiger charge is -2.12. The van der Waals surface area contributed by atoms with E-state index in [0.29, 0.717) is 5.92 Å². The molecule has 1 atom stereocenters. The minimum atomic E-state index is -0.185. The van der Waals surface area contributed by atoms with Gasteiger partial charge in [-0.15, -0.1) is 0 Å². The molecular weight excluding hydrogens is 283 g/mol. The first-order chi connectivity index (χ1) is 8.28. The average Bonchev–Trinajstić information content (AvgIpc) is 2.84. The van der Waals surface area contributed by atoms with Gasteiger partial charge in [0.2, 0.25) is 0 Å². The molecule has 0 aliphatic carbocycles. The van der Waals surface area contributed by atoms with Gasteiger partial charge in [-0.05, 0) is 42.2 Å². The Morgan fingerprint density at radius 2 is 1.88 bits per heavy atom. The van der Waals surface area contributed by atoms with Crippen molar-refractivity contribution in [1.82, 2.24) is 0 Å². The third kappa shape index (κ3) is 3.70. The van der Waals surface area contributed by atoms with Crippen LogP contribution in [0, 0.1) is 11.7 Å². The Labute approximate surface area is 109 Å². The third-order valence-electron chi connectivity index (χ3n) is 2.73. The number of halogens is 2. The van der Waals surface area contributed by atoms with E-state index in [9.17, 15) is 4.39 Å². The summed E-state index contributed by atoms with van der Waals surface area (Å²) in [4.78, 5) is 0. The lowest BCUT2D eigenvalue weighted by atomic mass is 9.97. The first-order valence-electron chi connectivity index (χ1n) is 5.60. The molecule has 1 heterocycles. The van der Waals surface area contributed by atoms with E-state index in [4.69, 9.17) is 4.42 Å². The smallest absolute Gasteiger partial charge is 0.123 e. The molecule has 1 nitrogen and oxygen atoms in total. The average molecular weight is 297 g/mol. The van der Waals surface area contributed by atoms with Gasteiger partial charge < -0.3 is 4.42 Å². The molecular formula is C14H14BrFO. The zero-order valence-electron chi connectivity index (χ0n) is 9.40. The monoisotopic (exact) mass is 296 g/mol. The molecule has 0 saturated heterocycles. The Kier molecular flexibility index (Phi) is 4.37. The summed E-state index contributed by atoms with van der Waals surface area (Å²) in [6.45, 7) is 0. The second kappa shape index (κ2) is 6.01. The van der Waals surface area contributed by atoms with Crippen LogP contribution in [0.1, 0.15) is 11.3 Å². The minimum absolute atomic E-state index is 0.185. The van der Waals surface area contributed by atoms with Gasteiger partial charge in [-0.1, -0.05) is 28.1 Å². The zero-order chi connectivity index (χ0) is 12.1. The van der Waals surface area contributed by atoms with Crippen LogP contribution in [0.2, 0.25) is 0 Å². The first-order valence-corrected chi connectivity index (χ1v) is 6.73. The van der Waals surface area contributed by atoms with Crippen molar-refractivity contribution in [2.24, 2.45) is 5.92 Å². The summed E-state index contributed by atoms with van der Waals surface area (Å²) in [6, 6.07) is 10.6. The normalized spacial score (nSPS) is 12.6. The number of hydrogen-bond donors (Lipinski definition) is 0. The topological polar surface area (TPSA) is 13.1 Å². The van der Waals surface area contributed by atoms with Gasteiger partial charge in [0.1, 0.15) is 11.6 Å². The standard InChI is InChI=1S/C14H14BrFO/c15-10-12(9-14-2-1-7-17-14)8-11-3-5-13(16)6-4-11/h1-7,12H,8-10H2. The van der Waals surface area contributed by atoms with Crippen molar-refractivity contribution in [3.05, 3.63) is 59.8 Å². The highest BCUT2D eigenvalue weighted by Gasteiger charge is 2.11. The molecule has 0 aliphatic heterocycles. The molecule has 17 heavy (non-hydrogen) atoms. The van der Waals surface area contributed by atoms with Crippen LogP contribution in [0.15, 0.2) is 47.1 Å². The van der Waals surface area contributed by atoms with Gasteiger partial charge in [0.25, 0.3) is 0 Å². The lowest BCUT2D eigenvalue weighted by Crippen LogP contribution is -2.09. The second-order valence-electron chi connectivity index (χ2n) is 4.13. The molecule has 0 N–H and O–H groups in total. The van der Waals surface area contributed by atoms with Crippen molar-refractivity contribution in [2.45, 2.75) is 12.8 Å². The fraction of sp³-hybridized carbons (Fsp3) is 0.286. The van der Waals surface area contributed by atoms with Crippen LogP contribution in [0.4, 0.5) is 4.39 Å². The maximum atomic E-state index is 12.8.